The van der Waals surface area contributed by atoms with Crippen LogP contribution in [0.3, 0.4) is 0 Å². The van der Waals surface area contributed by atoms with E-state index in [0.29, 0.717) is 25.9 Å². The highest BCUT2D eigenvalue weighted by molar-refractivity contribution is 7.86. The van der Waals surface area contributed by atoms with Gasteiger partial charge in [-0.1, -0.05) is 0 Å². The van der Waals surface area contributed by atoms with Crippen molar-refractivity contribution in [2.75, 3.05) is 38.2 Å². The lowest BCUT2D eigenvalue weighted by Gasteiger charge is -2.32. The van der Waals surface area contributed by atoms with Gasteiger partial charge >= 0.3 is 16.0 Å². The van der Waals surface area contributed by atoms with Gasteiger partial charge in [0, 0.05) is 44.5 Å². The fourth-order valence-electron chi connectivity index (χ4n) is 3.58. The van der Waals surface area contributed by atoms with Crippen molar-refractivity contribution >= 4 is 27.5 Å². The molecular formula is C19H27N2O5S+. The molecule has 7 nitrogen and oxygen atoms in total. The zero-order chi connectivity index (χ0) is 19.7. The Hall–Kier alpha value is -1.93. The van der Waals surface area contributed by atoms with Crippen LogP contribution in [0, 0.1) is 0 Å². The molecule has 2 fully saturated rings. The number of ether oxygens (including phenoxy) is 1. The zero-order valence-electron chi connectivity index (χ0n) is 15.9. The van der Waals surface area contributed by atoms with E-state index in [1.165, 1.54) is 0 Å². The predicted molar refractivity (Wildman–Crippen MR) is 101 cm³/mol. The third kappa shape index (κ3) is 4.01. The average molecular weight is 396 g/mol. The lowest BCUT2D eigenvalue weighted by atomic mass is 10.1. The number of esters is 1. The molecule has 0 aromatic heterocycles. The van der Waals surface area contributed by atoms with Crippen LogP contribution in [-0.2, 0) is 24.3 Å². The number of carbonyl (C=O) groups is 2. The first-order valence-electron chi connectivity index (χ1n) is 9.40. The summed E-state index contributed by atoms with van der Waals surface area (Å²) in [5.41, 5.74) is 0.910. The average Bonchev–Trinajstić information content (AvgIpc) is 3.48. The first-order valence-corrected chi connectivity index (χ1v) is 10.8. The van der Waals surface area contributed by atoms with E-state index in [-0.39, 0.29) is 33.8 Å². The van der Waals surface area contributed by atoms with Crippen LogP contribution < -0.4 is 4.90 Å². The van der Waals surface area contributed by atoms with Crippen LogP contribution in [0.2, 0.25) is 0 Å². The Morgan fingerprint density at radius 1 is 1.19 bits per heavy atom. The van der Waals surface area contributed by atoms with E-state index in [2.05, 4.69) is 4.90 Å². The van der Waals surface area contributed by atoms with E-state index in [0.717, 1.165) is 18.5 Å². The van der Waals surface area contributed by atoms with Gasteiger partial charge in [-0.2, -0.15) is 8.42 Å². The Bertz CT molecular complexity index is 807. The molecule has 0 N–H and O–H groups in total. The number of benzene rings is 1. The molecule has 1 aromatic carbocycles. The quantitative estimate of drug-likeness (QED) is 0.517. The van der Waals surface area contributed by atoms with E-state index in [1.54, 1.807) is 38.2 Å². The maximum Gasteiger partial charge on any atom is 0.362 e. The minimum atomic E-state index is -3.74. The van der Waals surface area contributed by atoms with E-state index in [4.69, 9.17) is 4.74 Å². The molecule has 2 aliphatic rings. The van der Waals surface area contributed by atoms with Crippen LogP contribution in [0.15, 0.2) is 29.2 Å². The minimum Gasteiger partial charge on any atom is -0.462 e. The minimum absolute atomic E-state index is 0.0767. The molecule has 0 radical (unpaired) electrons. The van der Waals surface area contributed by atoms with Gasteiger partial charge in [0.25, 0.3) is 0 Å². The SMILES string of the molecule is CCOC(=O)C[N+](C)(C1CC1)S(=O)(=O)c1ccc(N2CCC(=O)CC2)cc1. The molecule has 1 saturated heterocycles. The fourth-order valence-corrected chi connectivity index (χ4v) is 5.42. The number of rotatable bonds is 7. The van der Waals surface area contributed by atoms with Gasteiger partial charge < -0.3 is 9.64 Å². The molecule has 1 atom stereocenters. The van der Waals surface area contributed by atoms with Crippen molar-refractivity contribution in [1.29, 1.82) is 0 Å². The maximum absolute atomic E-state index is 13.3. The molecule has 27 heavy (non-hydrogen) atoms. The van der Waals surface area contributed by atoms with Crippen LogP contribution in [0.5, 0.6) is 0 Å². The Kier molecular flexibility index (Phi) is 5.58. The Morgan fingerprint density at radius 2 is 1.78 bits per heavy atom. The van der Waals surface area contributed by atoms with E-state index >= 15 is 0 Å². The molecule has 1 unspecified atom stereocenters. The first kappa shape index (κ1) is 19.8. The molecular weight excluding hydrogens is 368 g/mol. The normalized spacial score (nSPS) is 20.2. The number of quaternary nitrogens is 1. The second kappa shape index (κ2) is 7.59. The van der Waals surface area contributed by atoms with Crippen molar-refractivity contribution in [1.82, 2.24) is 0 Å². The summed E-state index contributed by atoms with van der Waals surface area (Å²) in [5.74, 6) is -0.230. The highest BCUT2D eigenvalue weighted by atomic mass is 32.2. The second-order valence-corrected chi connectivity index (χ2v) is 9.62. The van der Waals surface area contributed by atoms with Crippen molar-refractivity contribution in [3.63, 3.8) is 0 Å². The van der Waals surface area contributed by atoms with Gasteiger partial charge in [0.15, 0.2) is 6.54 Å². The number of likely N-dealkylation sites (N-methyl/N-ethyl adjacent to an activating group) is 1. The van der Waals surface area contributed by atoms with Crippen molar-refractivity contribution < 1.29 is 26.6 Å². The molecule has 1 aliphatic heterocycles. The lowest BCUT2D eigenvalue weighted by Crippen LogP contribution is -2.54. The Balaban J connectivity index is 1.82. The van der Waals surface area contributed by atoms with Crippen LogP contribution in [-0.4, -0.2) is 63.4 Å². The van der Waals surface area contributed by atoms with E-state index in [1.807, 2.05) is 0 Å². The molecule has 1 saturated carbocycles. The third-order valence-corrected chi connectivity index (χ3v) is 7.83. The lowest BCUT2D eigenvalue weighted by molar-refractivity contribution is -0.789. The molecule has 148 valence electrons. The van der Waals surface area contributed by atoms with Gasteiger partial charge in [-0.25, -0.2) is 8.68 Å². The van der Waals surface area contributed by atoms with Crippen LogP contribution >= 0.6 is 0 Å². The number of piperidine rings is 1. The summed E-state index contributed by atoms with van der Waals surface area (Å²) in [6.45, 7) is 3.07. The topological polar surface area (TPSA) is 80.8 Å². The van der Waals surface area contributed by atoms with E-state index in [9.17, 15) is 18.0 Å². The predicted octanol–water partition coefficient (Wildman–Crippen LogP) is 1.72. The summed E-state index contributed by atoms with van der Waals surface area (Å²) in [7, 11) is -2.14. The standard InChI is InChI=1S/C19H27N2O5S/c1-3-26-19(23)14-21(2,16-6-7-16)27(24,25)18-8-4-15(5-9-18)20-12-10-17(22)11-13-20/h4-5,8-9,16H,3,6-7,10-14H2,1-2H3/q+1. The summed E-state index contributed by atoms with van der Waals surface area (Å²) in [6.07, 6.45) is 2.62. The number of Topliss-reactive ketones (excluding diaryl/α,β-unsaturated/α-hetero) is 1. The number of hydrogen-bond donors (Lipinski definition) is 0. The number of carbonyl (C=O) groups excluding carboxylic acids is 2. The number of nitrogens with zero attached hydrogens (tertiary/aromatic N) is 2. The monoisotopic (exact) mass is 395 g/mol. The molecule has 0 spiro atoms. The summed E-state index contributed by atoms with van der Waals surface area (Å²) in [6, 6.07) is 6.69. The van der Waals surface area contributed by atoms with E-state index < -0.39 is 16.0 Å². The van der Waals surface area contributed by atoms with Crippen molar-refractivity contribution in [3.05, 3.63) is 24.3 Å². The summed E-state index contributed by atoms with van der Waals surface area (Å²) >= 11 is 0. The molecule has 1 heterocycles. The first-order chi connectivity index (χ1) is 12.8. The van der Waals surface area contributed by atoms with Gasteiger partial charge in [-0.3, -0.25) is 4.79 Å². The molecule has 0 bridgehead atoms. The van der Waals surface area contributed by atoms with Crippen molar-refractivity contribution in [2.24, 2.45) is 0 Å². The van der Waals surface area contributed by atoms with Crippen molar-refractivity contribution in [3.8, 4) is 0 Å². The number of hydrogen-bond acceptors (Lipinski definition) is 6. The van der Waals surface area contributed by atoms with Crippen molar-refractivity contribution in [2.45, 2.75) is 43.5 Å². The van der Waals surface area contributed by atoms with Gasteiger partial charge in [0.05, 0.1) is 13.7 Å². The largest absolute Gasteiger partial charge is 0.462 e. The van der Waals surface area contributed by atoms with Crippen LogP contribution in [0.25, 0.3) is 0 Å². The Labute approximate surface area is 160 Å². The smallest absolute Gasteiger partial charge is 0.362 e. The molecule has 3 rings (SSSR count). The highest BCUT2D eigenvalue weighted by Gasteiger charge is 2.52. The summed E-state index contributed by atoms with van der Waals surface area (Å²) < 4.78 is 31.3. The number of ketones is 1. The van der Waals surface area contributed by atoms with Gasteiger partial charge in [0.2, 0.25) is 0 Å². The van der Waals surface area contributed by atoms with Crippen LogP contribution in [0.1, 0.15) is 32.6 Å². The fraction of sp³-hybridized carbons (Fsp3) is 0.579. The highest BCUT2D eigenvalue weighted by Crippen LogP contribution is 2.38. The third-order valence-electron chi connectivity index (χ3n) is 5.44. The molecule has 1 aromatic rings. The molecule has 1 aliphatic carbocycles. The summed E-state index contributed by atoms with van der Waals surface area (Å²) in [4.78, 5) is 25.7. The number of anilines is 1. The Morgan fingerprint density at radius 3 is 2.30 bits per heavy atom. The van der Waals surface area contributed by atoms with Gasteiger partial charge in [-0.15, -0.1) is 0 Å². The van der Waals surface area contributed by atoms with Gasteiger partial charge in [0.1, 0.15) is 16.7 Å². The van der Waals surface area contributed by atoms with Gasteiger partial charge in [-0.05, 0) is 31.2 Å². The summed E-state index contributed by atoms with van der Waals surface area (Å²) in [5, 5.41) is 0. The zero-order valence-corrected chi connectivity index (χ0v) is 16.7. The molecule has 0 amide bonds. The maximum atomic E-state index is 13.3. The number of sulfonamides is 1. The second-order valence-electron chi connectivity index (χ2n) is 7.36. The van der Waals surface area contributed by atoms with Crippen LogP contribution in [0.4, 0.5) is 5.69 Å². The molecule has 8 heteroatoms.